The number of nitrogens with one attached hydrogen (secondary N) is 1. The molecule has 0 aliphatic carbocycles. The van der Waals surface area contributed by atoms with Crippen molar-refractivity contribution in [2.24, 2.45) is 5.10 Å². The van der Waals surface area contributed by atoms with Gasteiger partial charge in [-0.15, -0.1) is 10.2 Å². The van der Waals surface area contributed by atoms with Crippen molar-refractivity contribution >= 4 is 23.9 Å². The highest BCUT2D eigenvalue weighted by Crippen LogP contribution is 2.27. The van der Waals surface area contributed by atoms with Crippen LogP contribution >= 0.6 is 11.8 Å². The summed E-state index contributed by atoms with van der Waals surface area (Å²) in [7, 11) is 3.15. The summed E-state index contributed by atoms with van der Waals surface area (Å²) in [6.45, 7) is 0. The molecule has 172 valence electrons. The summed E-state index contributed by atoms with van der Waals surface area (Å²) < 4.78 is 12.5. The van der Waals surface area contributed by atoms with Crippen molar-refractivity contribution in [2.45, 2.75) is 5.16 Å². The molecule has 0 bridgehead atoms. The fraction of sp³-hybridized carbons (Fsp3) is 0.125. The third kappa shape index (κ3) is 5.41. The van der Waals surface area contributed by atoms with Crippen LogP contribution in [0.3, 0.4) is 0 Å². The predicted octanol–water partition coefficient (Wildman–Crippen LogP) is 3.59. The molecule has 0 aliphatic heterocycles. The number of para-hydroxylation sites is 1. The van der Waals surface area contributed by atoms with Crippen LogP contribution in [0, 0.1) is 0 Å². The summed E-state index contributed by atoms with van der Waals surface area (Å²) in [6, 6.07) is 18.8. The Hall–Kier alpha value is -4.18. The molecule has 2 heterocycles. The molecule has 10 heteroatoms. The summed E-state index contributed by atoms with van der Waals surface area (Å²) in [5.41, 5.74) is 4.99. The first-order chi connectivity index (χ1) is 16.7. The van der Waals surface area contributed by atoms with E-state index in [0.717, 1.165) is 11.3 Å². The number of nitrogens with zero attached hydrogens (tertiary/aromatic N) is 5. The van der Waals surface area contributed by atoms with E-state index in [1.165, 1.54) is 18.0 Å². The van der Waals surface area contributed by atoms with Crippen LogP contribution in [0.25, 0.3) is 17.1 Å². The van der Waals surface area contributed by atoms with Gasteiger partial charge in [-0.3, -0.25) is 14.3 Å². The Kier molecular flexibility index (Phi) is 7.51. The van der Waals surface area contributed by atoms with Crippen LogP contribution in [0.15, 0.2) is 83.3 Å². The number of hydrogen-bond donors (Lipinski definition) is 1. The number of hydrogen-bond acceptors (Lipinski definition) is 8. The van der Waals surface area contributed by atoms with Crippen LogP contribution in [-0.2, 0) is 4.79 Å². The number of carbonyl (C=O) groups is 1. The average molecular weight is 475 g/mol. The molecule has 4 rings (SSSR count). The monoisotopic (exact) mass is 474 g/mol. The van der Waals surface area contributed by atoms with E-state index < -0.39 is 0 Å². The van der Waals surface area contributed by atoms with Gasteiger partial charge in [0.05, 0.1) is 26.2 Å². The summed E-state index contributed by atoms with van der Waals surface area (Å²) in [5, 5.41) is 13.3. The molecule has 0 aliphatic rings. The molecule has 0 unspecified atom stereocenters. The summed E-state index contributed by atoms with van der Waals surface area (Å²) >= 11 is 1.27. The normalized spacial score (nSPS) is 10.9. The predicted molar refractivity (Wildman–Crippen MR) is 131 cm³/mol. The Balaban J connectivity index is 1.47. The van der Waals surface area contributed by atoms with Gasteiger partial charge in [-0.25, -0.2) is 5.43 Å². The van der Waals surface area contributed by atoms with Crippen molar-refractivity contribution in [3.8, 4) is 28.6 Å². The number of rotatable bonds is 9. The first-order valence-electron chi connectivity index (χ1n) is 10.3. The maximum Gasteiger partial charge on any atom is 0.250 e. The van der Waals surface area contributed by atoms with Gasteiger partial charge in [0.1, 0.15) is 11.5 Å². The van der Waals surface area contributed by atoms with Gasteiger partial charge >= 0.3 is 0 Å². The van der Waals surface area contributed by atoms with Crippen molar-refractivity contribution in [3.05, 3.63) is 78.6 Å². The highest BCUT2D eigenvalue weighted by Gasteiger charge is 2.17. The Labute approximate surface area is 200 Å². The number of amides is 1. The molecule has 0 spiro atoms. The van der Waals surface area contributed by atoms with Crippen molar-refractivity contribution in [1.82, 2.24) is 25.2 Å². The lowest BCUT2D eigenvalue weighted by molar-refractivity contribution is -0.118. The molecule has 34 heavy (non-hydrogen) atoms. The fourth-order valence-electron chi connectivity index (χ4n) is 3.14. The Bertz CT molecular complexity index is 1280. The second kappa shape index (κ2) is 11.1. The Morgan fingerprint density at radius 1 is 1.06 bits per heavy atom. The quantitative estimate of drug-likeness (QED) is 0.225. The van der Waals surface area contributed by atoms with Gasteiger partial charge in [0.25, 0.3) is 5.91 Å². The van der Waals surface area contributed by atoms with Crippen molar-refractivity contribution < 1.29 is 14.3 Å². The van der Waals surface area contributed by atoms with Crippen LogP contribution in [0.5, 0.6) is 11.5 Å². The molecule has 4 aromatic rings. The van der Waals surface area contributed by atoms with Gasteiger partial charge in [0.2, 0.25) is 0 Å². The van der Waals surface area contributed by atoms with E-state index >= 15 is 0 Å². The zero-order valence-electron chi connectivity index (χ0n) is 18.6. The maximum absolute atomic E-state index is 12.4. The molecule has 2 aromatic carbocycles. The first-order valence-corrected chi connectivity index (χ1v) is 11.3. The topological polar surface area (TPSA) is 104 Å². The lowest BCUT2D eigenvalue weighted by Gasteiger charge is -2.10. The number of hydrazone groups is 1. The number of aromatic nitrogens is 4. The smallest absolute Gasteiger partial charge is 0.250 e. The van der Waals surface area contributed by atoms with Gasteiger partial charge in [-0.1, -0.05) is 30.0 Å². The molecule has 2 aromatic heterocycles. The Morgan fingerprint density at radius 2 is 1.85 bits per heavy atom. The van der Waals surface area contributed by atoms with Crippen molar-refractivity contribution in [3.63, 3.8) is 0 Å². The van der Waals surface area contributed by atoms with E-state index in [-0.39, 0.29) is 11.7 Å². The molecule has 9 nitrogen and oxygen atoms in total. The molecular weight excluding hydrogens is 452 g/mol. The summed E-state index contributed by atoms with van der Waals surface area (Å²) in [5.74, 6) is 1.77. The molecule has 0 saturated carbocycles. The van der Waals surface area contributed by atoms with Gasteiger partial charge in [0, 0.05) is 29.2 Å². The number of ether oxygens (including phenoxy) is 2. The van der Waals surface area contributed by atoms with E-state index in [0.29, 0.717) is 28.0 Å². The number of carbonyl (C=O) groups excluding carboxylic acids is 1. The molecule has 0 saturated heterocycles. The van der Waals surface area contributed by atoms with Crippen LogP contribution < -0.4 is 14.9 Å². The minimum Gasteiger partial charge on any atom is -0.497 e. The zero-order chi connectivity index (χ0) is 23.8. The Morgan fingerprint density at radius 3 is 2.59 bits per heavy atom. The van der Waals surface area contributed by atoms with E-state index in [1.807, 2.05) is 47.0 Å². The minimum absolute atomic E-state index is 0.105. The first kappa shape index (κ1) is 23.0. The maximum atomic E-state index is 12.4. The largest absolute Gasteiger partial charge is 0.497 e. The van der Waals surface area contributed by atoms with Gasteiger partial charge in [-0.05, 0) is 42.5 Å². The van der Waals surface area contributed by atoms with Crippen molar-refractivity contribution in [1.29, 1.82) is 0 Å². The molecule has 1 N–H and O–H groups in total. The summed E-state index contributed by atoms with van der Waals surface area (Å²) in [6.07, 6.45) is 4.92. The second-order valence-electron chi connectivity index (χ2n) is 6.90. The van der Waals surface area contributed by atoms with E-state index in [1.54, 1.807) is 44.8 Å². The third-order valence-corrected chi connectivity index (χ3v) is 5.68. The fourth-order valence-corrected chi connectivity index (χ4v) is 3.88. The second-order valence-corrected chi connectivity index (χ2v) is 7.85. The molecule has 0 radical (unpaired) electrons. The highest BCUT2D eigenvalue weighted by atomic mass is 32.2. The van der Waals surface area contributed by atoms with Crippen LogP contribution in [0.2, 0.25) is 0 Å². The molecule has 0 atom stereocenters. The van der Waals surface area contributed by atoms with E-state index in [4.69, 9.17) is 9.47 Å². The van der Waals surface area contributed by atoms with E-state index in [9.17, 15) is 4.79 Å². The number of pyridine rings is 1. The lowest BCUT2D eigenvalue weighted by Crippen LogP contribution is -2.20. The van der Waals surface area contributed by atoms with Gasteiger partial charge < -0.3 is 9.47 Å². The molecule has 0 fully saturated rings. The lowest BCUT2D eigenvalue weighted by atomic mass is 10.2. The van der Waals surface area contributed by atoms with Gasteiger partial charge in [-0.2, -0.15) is 5.10 Å². The average Bonchev–Trinajstić information content (AvgIpc) is 3.32. The van der Waals surface area contributed by atoms with Crippen LogP contribution in [0.4, 0.5) is 0 Å². The van der Waals surface area contributed by atoms with E-state index in [2.05, 4.69) is 25.7 Å². The SMILES string of the molecule is COc1ccc(OC)c(C=NNC(=O)CSc2nnc(-c3ccncc3)n2-c2ccccc2)c1. The van der Waals surface area contributed by atoms with Gasteiger partial charge in [0.15, 0.2) is 11.0 Å². The standard InChI is InChI=1S/C24H22N6O3S/c1-32-20-8-9-21(33-2)18(14-20)15-26-27-22(31)16-34-24-29-28-23(17-10-12-25-13-11-17)30(24)19-6-4-3-5-7-19/h3-15H,16H2,1-2H3,(H,27,31). The number of benzene rings is 2. The minimum atomic E-state index is -0.281. The van der Waals surface area contributed by atoms with Crippen LogP contribution in [0.1, 0.15) is 5.56 Å². The molecular formula is C24H22N6O3S. The third-order valence-electron chi connectivity index (χ3n) is 4.75. The van der Waals surface area contributed by atoms with Crippen LogP contribution in [-0.4, -0.2) is 51.8 Å². The summed E-state index contributed by atoms with van der Waals surface area (Å²) in [4.78, 5) is 16.5. The molecule has 1 amide bonds. The zero-order valence-corrected chi connectivity index (χ0v) is 19.4. The number of methoxy groups -OCH3 is 2. The van der Waals surface area contributed by atoms with Crippen molar-refractivity contribution in [2.75, 3.05) is 20.0 Å². The highest BCUT2D eigenvalue weighted by molar-refractivity contribution is 7.99. The number of thioether (sulfide) groups is 1.